The van der Waals surface area contributed by atoms with Gasteiger partial charge in [-0.15, -0.1) is 0 Å². The molecule has 0 spiro atoms. The fourth-order valence-electron chi connectivity index (χ4n) is 1.78. The summed E-state index contributed by atoms with van der Waals surface area (Å²) in [5.41, 5.74) is 0.785. The molecule has 0 radical (unpaired) electrons. The Morgan fingerprint density at radius 2 is 1.76 bits per heavy atom. The molecule has 0 saturated heterocycles. The third-order valence-electron chi connectivity index (χ3n) is 2.46. The van der Waals surface area contributed by atoms with Crippen LogP contribution in [0.2, 0.25) is 0 Å². The highest BCUT2D eigenvalue weighted by atomic mass is 16.6. The summed E-state index contributed by atoms with van der Waals surface area (Å²) < 4.78 is 5.78. The van der Waals surface area contributed by atoms with Gasteiger partial charge in [0.05, 0.1) is 22.7 Å². The van der Waals surface area contributed by atoms with E-state index in [1.165, 1.54) is 6.07 Å². The maximum absolute atomic E-state index is 11.0. The monoisotopic (exact) mass is 237 g/mol. The van der Waals surface area contributed by atoms with E-state index in [0.29, 0.717) is 5.56 Å². The van der Waals surface area contributed by atoms with Crippen molar-refractivity contribution >= 4 is 5.69 Å². The van der Waals surface area contributed by atoms with E-state index in [9.17, 15) is 10.1 Å². The first-order chi connectivity index (χ1) is 7.93. The first-order valence-electron chi connectivity index (χ1n) is 5.82. The molecule has 94 valence electrons. The summed E-state index contributed by atoms with van der Waals surface area (Å²) >= 11 is 0. The third kappa shape index (κ3) is 3.53. The highest BCUT2D eigenvalue weighted by molar-refractivity contribution is 5.41. The summed E-state index contributed by atoms with van der Waals surface area (Å²) in [4.78, 5) is 10.6. The molecule has 1 aromatic rings. The van der Waals surface area contributed by atoms with Crippen molar-refractivity contribution < 1.29 is 9.66 Å². The van der Waals surface area contributed by atoms with E-state index in [2.05, 4.69) is 0 Å². The maximum Gasteiger partial charge on any atom is 0.275 e. The predicted molar refractivity (Wildman–Crippen MR) is 66.9 cm³/mol. The quantitative estimate of drug-likeness (QED) is 0.579. The fraction of sp³-hybridized carbons (Fsp3) is 0.538. The molecule has 0 aromatic heterocycles. The topological polar surface area (TPSA) is 52.4 Å². The molecule has 1 aromatic carbocycles. The van der Waals surface area contributed by atoms with Gasteiger partial charge in [0.1, 0.15) is 0 Å². The van der Waals surface area contributed by atoms with Crippen LogP contribution in [0.25, 0.3) is 0 Å². The number of nitrogens with zero attached hydrogens (tertiary/aromatic N) is 1. The number of hydrogen-bond donors (Lipinski definition) is 0. The molecule has 0 saturated carbocycles. The van der Waals surface area contributed by atoms with E-state index >= 15 is 0 Å². The molecule has 0 heterocycles. The van der Waals surface area contributed by atoms with Crippen LogP contribution >= 0.6 is 0 Å². The Balaban J connectivity index is 3.13. The van der Waals surface area contributed by atoms with Gasteiger partial charge in [-0.25, -0.2) is 0 Å². The number of para-hydroxylation sites is 1. The molecule has 1 atom stereocenters. The van der Waals surface area contributed by atoms with Crippen molar-refractivity contribution in [2.45, 2.75) is 39.9 Å². The van der Waals surface area contributed by atoms with Crippen molar-refractivity contribution in [1.29, 1.82) is 0 Å². The lowest BCUT2D eigenvalue weighted by Crippen LogP contribution is -2.17. The molecule has 1 rings (SSSR count). The zero-order valence-corrected chi connectivity index (χ0v) is 10.7. The Labute approximate surface area is 102 Å². The molecule has 0 aliphatic heterocycles. The van der Waals surface area contributed by atoms with E-state index in [4.69, 9.17) is 4.74 Å². The average Bonchev–Trinajstić information content (AvgIpc) is 2.25. The van der Waals surface area contributed by atoms with Gasteiger partial charge in [-0.1, -0.05) is 26.0 Å². The first kappa shape index (κ1) is 13.6. The van der Waals surface area contributed by atoms with Crippen LogP contribution in [0, 0.1) is 16.0 Å². The normalized spacial score (nSPS) is 13.1. The Morgan fingerprint density at radius 1 is 1.18 bits per heavy atom. The molecule has 1 unspecified atom stereocenters. The lowest BCUT2D eigenvalue weighted by atomic mass is 9.97. The number of benzene rings is 1. The largest absolute Gasteiger partial charge is 0.370 e. The summed E-state index contributed by atoms with van der Waals surface area (Å²) in [7, 11) is 0. The molecule has 0 bridgehead atoms. The van der Waals surface area contributed by atoms with E-state index in [1.54, 1.807) is 18.2 Å². The van der Waals surface area contributed by atoms with Crippen molar-refractivity contribution in [1.82, 2.24) is 0 Å². The van der Waals surface area contributed by atoms with Gasteiger partial charge in [0.25, 0.3) is 5.69 Å². The highest BCUT2D eigenvalue weighted by Crippen LogP contribution is 2.33. The van der Waals surface area contributed by atoms with Crippen LogP contribution in [-0.2, 0) is 4.74 Å². The van der Waals surface area contributed by atoms with Crippen LogP contribution in [-0.4, -0.2) is 11.0 Å². The third-order valence-corrected chi connectivity index (χ3v) is 2.46. The van der Waals surface area contributed by atoms with E-state index in [-0.39, 0.29) is 28.7 Å². The lowest BCUT2D eigenvalue weighted by molar-refractivity contribution is -0.386. The van der Waals surface area contributed by atoms with Gasteiger partial charge in [0, 0.05) is 6.07 Å². The molecule has 17 heavy (non-hydrogen) atoms. The summed E-state index contributed by atoms with van der Waals surface area (Å²) in [6, 6.07) is 6.77. The minimum absolute atomic E-state index is 0.0437. The molecule has 0 fully saturated rings. The van der Waals surface area contributed by atoms with Crippen LogP contribution in [0.4, 0.5) is 5.69 Å². The molecular formula is C13H19NO3. The standard InChI is InChI=1S/C13H19NO3/c1-9(2)13(17-10(3)4)11-7-5-6-8-12(11)14(15)16/h5-10,13H,1-4H3. The molecule has 0 aliphatic carbocycles. The zero-order chi connectivity index (χ0) is 13.0. The van der Waals surface area contributed by atoms with Crippen LogP contribution in [0.3, 0.4) is 0 Å². The van der Waals surface area contributed by atoms with Gasteiger partial charge < -0.3 is 4.74 Å². The summed E-state index contributed by atoms with van der Waals surface area (Å²) in [6.07, 6.45) is -0.196. The van der Waals surface area contributed by atoms with Gasteiger partial charge in [0.2, 0.25) is 0 Å². The maximum atomic E-state index is 11.0. The second-order valence-electron chi connectivity index (χ2n) is 4.67. The number of hydrogen-bond acceptors (Lipinski definition) is 3. The van der Waals surface area contributed by atoms with Crippen LogP contribution in [0.5, 0.6) is 0 Å². The Morgan fingerprint density at radius 3 is 2.24 bits per heavy atom. The zero-order valence-electron chi connectivity index (χ0n) is 10.7. The second kappa shape index (κ2) is 5.77. The van der Waals surface area contributed by atoms with E-state index < -0.39 is 0 Å². The van der Waals surface area contributed by atoms with Crippen LogP contribution in [0.1, 0.15) is 39.4 Å². The summed E-state index contributed by atoms with van der Waals surface area (Å²) in [5.74, 6) is 0.193. The van der Waals surface area contributed by atoms with Gasteiger partial charge in [-0.2, -0.15) is 0 Å². The number of nitro groups is 1. The molecule has 0 N–H and O–H groups in total. The van der Waals surface area contributed by atoms with Gasteiger partial charge in [0.15, 0.2) is 0 Å². The smallest absolute Gasteiger partial charge is 0.275 e. The highest BCUT2D eigenvalue weighted by Gasteiger charge is 2.25. The molecule has 4 nitrogen and oxygen atoms in total. The van der Waals surface area contributed by atoms with Gasteiger partial charge in [-0.05, 0) is 25.8 Å². The Hall–Kier alpha value is -1.42. The van der Waals surface area contributed by atoms with Gasteiger partial charge >= 0.3 is 0 Å². The van der Waals surface area contributed by atoms with Crippen molar-refractivity contribution in [2.24, 2.45) is 5.92 Å². The van der Waals surface area contributed by atoms with Crippen molar-refractivity contribution in [3.8, 4) is 0 Å². The summed E-state index contributed by atoms with van der Waals surface area (Å²) in [6.45, 7) is 7.88. The number of nitro benzene ring substituents is 1. The number of ether oxygens (including phenoxy) is 1. The SMILES string of the molecule is CC(C)OC(c1ccccc1[N+](=O)[O-])C(C)C. The number of rotatable bonds is 5. The molecule has 4 heteroatoms. The lowest BCUT2D eigenvalue weighted by Gasteiger charge is -2.24. The molecular weight excluding hydrogens is 218 g/mol. The van der Waals surface area contributed by atoms with Gasteiger partial charge in [-0.3, -0.25) is 10.1 Å². The van der Waals surface area contributed by atoms with Crippen molar-refractivity contribution in [3.63, 3.8) is 0 Å². The summed E-state index contributed by atoms with van der Waals surface area (Å²) in [5, 5.41) is 11.0. The predicted octanol–water partition coefficient (Wildman–Crippen LogP) is 3.72. The first-order valence-corrected chi connectivity index (χ1v) is 5.82. The average molecular weight is 237 g/mol. The van der Waals surface area contributed by atoms with Crippen molar-refractivity contribution in [3.05, 3.63) is 39.9 Å². The van der Waals surface area contributed by atoms with E-state index in [0.717, 1.165) is 0 Å². The molecule has 0 amide bonds. The Kier molecular flexibility index (Phi) is 4.63. The molecule has 0 aliphatic rings. The van der Waals surface area contributed by atoms with Crippen LogP contribution < -0.4 is 0 Å². The fourth-order valence-corrected chi connectivity index (χ4v) is 1.78. The second-order valence-corrected chi connectivity index (χ2v) is 4.67. The van der Waals surface area contributed by atoms with Crippen molar-refractivity contribution in [2.75, 3.05) is 0 Å². The minimum atomic E-state index is -0.353. The van der Waals surface area contributed by atoms with Crippen LogP contribution in [0.15, 0.2) is 24.3 Å². The van der Waals surface area contributed by atoms with E-state index in [1.807, 2.05) is 27.7 Å². The Bertz CT molecular complexity index is 388. The minimum Gasteiger partial charge on any atom is -0.370 e.